The fourth-order valence-corrected chi connectivity index (χ4v) is 4.84. The van der Waals surface area contributed by atoms with Crippen LogP contribution in [-0.4, -0.2) is 19.7 Å². The van der Waals surface area contributed by atoms with Crippen molar-refractivity contribution in [1.29, 1.82) is 5.26 Å². The van der Waals surface area contributed by atoms with Crippen LogP contribution < -0.4 is 0 Å². The van der Waals surface area contributed by atoms with E-state index in [2.05, 4.69) is 4.98 Å². The average molecular weight is 452 g/mol. The fraction of sp³-hybridized carbons (Fsp3) is 0.0833. The lowest BCUT2D eigenvalue weighted by atomic mass is 9.98. The Morgan fingerprint density at radius 3 is 2.19 bits per heavy atom. The van der Waals surface area contributed by atoms with Gasteiger partial charge in [-0.25, -0.2) is 13.4 Å². The van der Waals surface area contributed by atoms with Crippen molar-refractivity contribution >= 4 is 20.7 Å². The second-order valence-corrected chi connectivity index (χ2v) is 9.14. The van der Waals surface area contributed by atoms with E-state index in [4.69, 9.17) is 0 Å². The molecule has 0 aliphatic rings. The van der Waals surface area contributed by atoms with Gasteiger partial charge in [0, 0.05) is 22.8 Å². The molecule has 0 aliphatic carbocycles. The van der Waals surface area contributed by atoms with Crippen LogP contribution >= 0.6 is 0 Å². The lowest BCUT2D eigenvalue weighted by molar-refractivity contribution is -0.136. The van der Waals surface area contributed by atoms with Crippen LogP contribution in [0.4, 0.5) is 13.2 Å². The summed E-state index contributed by atoms with van der Waals surface area (Å²) in [5.41, 5.74) is -0.379. The summed E-state index contributed by atoms with van der Waals surface area (Å²) in [6.07, 6.45) is -3.64. The zero-order valence-electron chi connectivity index (χ0n) is 16.7. The number of nitrogens with zero attached hydrogens (tertiary/aromatic N) is 2. The Morgan fingerprint density at radius 1 is 0.906 bits per heavy atom. The molecule has 0 bridgehead atoms. The number of para-hydroxylation sites is 1. The molecule has 0 radical (unpaired) electrons. The maximum atomic E-state index is 13.6. The van der Waals surface area contributed by atoms with Gasteiger partial charge in [0.25, 0.3) is 0 Å². The first-order chi connectivity index (χ1) is 15.1. The predicted molar refractivity (Wildman–Crippen MR) is 115 cm³/mol. The number of pyridine rings is 1. The molecule has 0 spiro atoms. The molecule has 0 unspecified atom stereocenters. The fourth-order valence-electron chi connectivity index (χ4n) is 3.69. The van der Waals surface area contributed by atoms with Crippen LogP contribution in [-0.2, 0) is 16.0 Å². The molecule has 0 N–H and O–H groups in total. The number of hydrogen-bond acceptors (Lipinski definition) is 4. The van der Waals surface area contributed by atoms with Gasteiger partial charge in [0.2, 0.25) is 0 Å². The van der Waals surface area contributed by atoms with Gasteiger partial charge in [-0.2, -0.15) is 18.4 Å². The molecule has 4 nitrogen and oxygen atoms in total. The van der Waals surface area contributed by atoms with Gasteiger partial charge in [-0.05, 0) is 17.7 Å². The van der Waals surface area contributed by atoms with Crippen molar-refractivity contribution < 1.29 is 21.6 Å². The number of aromatic nitrogens is 1. The van der Waals surface area contributed by atoms with Crippen molar-refractivity contribution in [2.45, 2.75) is 11.1 Å². The Kier molecular flexibility index (Phi) is 5.23. The van der Waals surface area contributed by atoms with Gasteiger partial charge in [-0.15, -0.1) is 0 Å². The highest BCUT2D eigenvalue weighted by Crippen LogP contribution is 2.39. The van der Waals surface area contributed by atoms with Crippen LogP contribution in [0.5, 0.6) is 0 Å². The van der Waals surface area contributed by atoms with E-state index in [9.17, 15) is 26.9 Å². The van der Waals surface area contributed by atoms with Gasteiger partial charge < -0.3 is 0 Å². The normalized spacial score (nSPS) is 12.0. The van der Waals surface area contributed by atoms with Crippen molar-refractivity contribution in [2.24, 2.45) is 0 Å². The zero-order valence-corrected chi connectivity index (χ0v) is 17.5. The van der Waals surface area contributed by atoms with Crippen LogP contribution in [0.15, 0.2) is 77.7 Å². The van der Waals surface area contributed by atoms with Crippen LogP contribution in [0.2, 0.25) is 0 Å². The highest BCUT2D eigenvalue weighted by molar-refractivity contribution is 7.91. The van der Waals surface area contributed by atoms with E-state index in [0.29, 0.717) is 11.1 Å². The van der Waals surface area contributed by atoms with Crippen LogP contribution in [0.1, 0.15) is 11.1 Å². The molecular weight excluding hydrogens is 437 g/mol. The van der Waals surface area contributed by atoms with Gasteiger partial charge in [-0.3, -0.25) is 0 Å². The zero-order chi connectivity index (χ0) is 23.1. The van der Waals surface area contributed by atoms with Gasteiger partial charge in [0.1, 0.15) is 6.07 Å². The summed E-state index contributed by atoms with van der Waals surface area (Å²) < 4.78 is 66.4. The third-order valence-electron chi connectivity index (χ3n) is 5.00. The number of hydrogen-bond donors (Lipinski definition) is 0. The molecule has 32 heavy (non-hydrogen) atoms. The first kappa shape index (κ1) is 21.5. The van der Waals surface area contributed by atoms with Gasteiger partial charge in [0.05, 0.1) is 27.2 Å². The van der Waals surface area contributed by atoms with E-state index >= 15 is 0 Å². The topological polar surface area (TPSA) is 70.8 Å². The van der Waals surface area contributed by atoms with E-state index in [0.717, 1.165) is 12.3 Å². The second-order valence-electron chi connectivity index (χ2n) is 7.19. The lowest BCUT2D eigenvalue weighted by Gasteiger charge is -2.16. The van der Waals surface area contributed by atoms with Crippen molar-refractivity contribution in [3.8, 4) is 28.5 Å². The molecule has 4 rings (SSSR count). The molecule has 0 fully saturated rings. The molecule has 0 saturated carbocycles. The largest absolute Gasteiger partial charge is 0.418 e. The number of nitriles is 1. The Hall–Kier alpha value is -3.70. The number of alkyl halides is 3. The van der Waals surface area contributed by atoms with Crippen molar-refractivity contribution in [3.63, 3.8) is 0 Å². The second kappa shape index (κ2) is 7.77. The van der Waals surface area contributed by atoms with Gasteiger partial charge in [-0.1, -0.05) is 60.7 Å². The van der Waals surface area contributed by atoms with Crippen molar-refractivity contribution in [3.05, 3.63) is 83.9 Å². The Morgan fingerprint density at radius 2 is 1.56 bits per heavy atom. The smallest absolute Gasteiger partial charge is 0.246 e. The molecule has 1 aromatic heterocycles. The molecule has 160 valence electrons. The minimum absolute atomic E-state index is 0.0214. The van der Waals surface area contributed by atoms with Crippen molar-refractivity contribution in [1.82, 2.24) is 4.98 Å². The van der Waals surface area contributed by atoms with E-state index in [-0.39, 0.29) is 32.6 Å². The first-order valence-corrected chi connectivity index (χ1v) is 11.3. The SMILES string of the molecule is CS(=O)(=O)c1c(-c2ccccc2)cccc1-c1nc2c(C(F)(F)F)cccc2cc1C#N. The Bertz CT molecular complexity index is 1490. The number of benzene rings is 3. The summed E-state index contributed by atoms with van der Waals surface area (Å²) >= 11 is 0. The summed E-state index contributed by atoms with van der Waals surface area (Å²) in [5.74, 6) is 0. The van der Waals surface area contributed by atoms with Gasteiger partial charge in [0.15, 0.2) is 9.84 Å². The van der Waals surface area contributed by atoms with Gasteiger partial charge >= 0.3 is 6.18 Å². The van der Waals surface area contributed by atoms with Crippen LogP contribution in [0, 0.1) is 11.3 Å². The number of sulfone groups is 1. The molecule has 4 aromatic rings. The summed E-state index contributed by atoms with van der Waals surface area (Å²) in [6.45, 7) is 0. The molecule has 0 atom stereocenters. The molecule has 0 saturated heterocycles. The van der Waals surface area contributed by atoms with Crippen LogP contribution in [0.3, 0.4) is 0 Å². The summed E-state index contributed by atoms with van der Waals surface area (Å²) in [7, 11) is -3.85. The monoisotopic (exact) mass is 452 g/mol. The quantitative estimate of drug-likeness (QED) is 0.390. The highest BCUT2D eigenvalue weighted by atomic mass is 32.2. The minimum atomic E-state index is -4.66. The highest BCUT2D eigenvalue weighted by Gasteiger charge is 2.34. The third-order valence-corrected chi connectivity index (χ3v) is 6.18. The van der Waals surface area contributed by atoms with Crippen LogP contribution in [0.25, 0.3) is 33.3 Å². The summed E-state index contributed by atoms with van der Waals surface area (Å²) in [6, 6.07) is 20.2. The van der Waals surface area contributed by atoms with E-state index in [1.807, 2.05) is 6.07 Å². The van der Waals surface area contributed by atoms with E-state index in [1.54, 1.807) is 42.5 Å². The van der Waals surface area contributed by atoms with Crippen molar-refractivity contribution in [2.75, 3.05) is 6.26 Å². The van der Waals surface area contributed by atoms with E-state index in [1.165, 1.54) is 24.3 Å². The molecule has 3 aromatic carbocycles. The first-order valence-electron chi connectivity index (χ1n) is 9.41. The molecular formula is C24H15F3N2O2S. The van der Waals surface area contributed by atoms with E-state index < -0.39 is 21.6 Å². The third kappa shape index (κ3) is 3.83. The maximum Gasteiger partial charge on any atom is 0.418 e. The molecule has 1 heterocycles. The lowest BCUT2D eigenvalue weighted by Crippen LogP contribution is -2.08. The predicted octanol–water partition coefficient (Wildman–Crippen LogP) is 5.86. The Labute approximate surface area is 182 Å². The molecule has 0 aliphatic heterocycles. The standard InChI is InChI=1S/C24H15F3N2O2S/c1-32(30,31)23-18(15-7-3-2-4-8-15)10-6-11-19(23)21-17(14-28)13-16-9-5-12-20(22(16)29-21)24(25,26)27/h2-13H,1H3. The minimum Gasteiger partial charge on any atom is -0.246 e. The number of halogens is 3. The summed E-state index contributed by atoms with van der Waals surface area (Å²) in [5, 5.41) is 9.83. The average Bonchev–Trinajstić information content (AvgIpc) is 2.76. The number of rotatable bonds is 3. The Balaban J connectivity index is 2.13. The maximum absolute atomic E-state index is 13.6. The summed E-state index contributed by atoms with van der Waals surface area (Å²) in [4.78, 5) is 4.09. The molecule has 8 heteroatoms. The number of fused-ring (bicyclic) bond motifs is 1. The molecule has 0 amide bonds.